The van der Waals surface area contributed by atoms with Crippen molar-refractivity contribution >= 4 is 44.9 Å². The minimum atomic E-state index is -1.45. The van der Waals surface area contributed by atoms with E-state index in [2.05, 4.69) is 6.07 Å². The summed E-state index contributed by atoms with van der Waals surface area (Å²) in [5.74, 6) is 0.0115. The molecule has 0 radical (unpaired) electrons. The summed E-state index contributed by atoms with van der Waals surface area (Å²) in [5.41, 5.74) is 1.20. The van der Waals surface area contributed by atoms with Gasteiger partial charge in [0.15, 0.2) is 5.78 Å². The molecule has 4 nitrogen and oxygen atoms in total. The number of Topliss-reactive ketones (excluding diaryl/α,β-unsaturated/α-hetero) is 1. The van der Waals surface area contributed by atoms with Gasteiger partial charge in [0.25, 0.3) is 0 Å². The zero-order valence-electron chi connectivity index (χ0n) is 15.8. The van der Waals surface area contributed by atoms with Gasteiger partial charge in [-0.3, -0.25) is 9.59 Å². The number of ether oxygens (including phenoxy) is 1. The van der Waals surface area contributed by atoms with Crippen LogP contribution in [-0.2, 0) is 28.3 Å². The molecule has 3 aromatic rings. The molecule has 0 spiro atoms. The van der Waals surface area contributed by atoms with E-state index >= 15 is 0 Å². The van der Waals surface area contributed by atoms with Crippen LogP contribution in [0.1, 0.15) is 37.0 Å². The first kappa shape index (κ1) is 18.9. The van der Waals surface area contributed by atoms with Crippen LogP contribution in [0.25, 0.3) is 21.5 Å². The first-order chi connectivity index (χ1) is 13.3. The van der Waals surface area contributed by atoms with Crippen LogP contribution in [0.15, 0.2) is 36.4 Å². The minimum Gasteiger partial charge on any atom is -0.426 e. The van der Waals surface area contributed by atoms with E-state index in [-0.39, 0.29) is 12.2 Å². The Balaban J connectivity index is 2.10. The second-order valence-electron chi connectivity index (χ2n) is 7.50. The largest absolute Gasteiger partial charge is 0.426 e. The number of alkyl halides is 1. The minimum absolute atomic E-state index is 0.118. The van der Waals surface area contributed by atoms with Crippen LogP contribution < -0.4 is 4.74 Å². The molecule has 0 saturated carbocycles. The maximum atomic E-state index is 12.1. The van der Waals surface area contributed by atoms with Crippen molar-refractivity contribution in [1.82, 2.24) is 0 Å². The highest BCUT2D eigenvalue weighted by molar-refractivity contribution is 6.19. The number of aliphatic hydroxyl groups is 1. The van der Waals surface area contributed by atoms with E-state index in [1.165, 1.54) is 13.8 Å². The van der Waals surface area contributed by atoms with Gasteiger partial charge in [0, 0.05) is 30.2 Å². The number of hydrogen-bond donors (Lipinski definition) is 1. The molecule has 0 unspecified atom stereocenters. The molecular weight excluding hydrogens is 376 g/mol. The Hall–Kier alpha value is -2.43. The standard InChI is InChI=1S/C23H21ClO4/c1-13(25)23(27)8-7-17-20(11-23)22(28-14(2)26)19-10-16-6-4-3-5-15(16)9-18(19)21(17)12-24/h3-6,9-10,27H,7-8,11-12H2,1-2H3/t23-/m1/s1. The number of esters is 1. The average Bonchev–Trinajstić information content (AvgIpc) is 2.66. The molecule has 28 heavy (non-hydrogen) atoms. The maximum absolute atomic E-state index is 12.1. The number of hydrogen-bond acceptors (Lipinski definition) is 4. The fourth-order valence-corrected chi connectivity index (χ4v) is 4.54. The second kappa shape index (κ2) is 6.87. The Morgan fingerprint density at radius 3 is 2.32 bits per heavy atom. The van der Waals surface area contributed by atoms with E-state index in [9.17, 15) is 14.7 Å². The quantitative estimate of drug-likeness (QED) is 0.307. The number of halogens is 1. The number of carbonyl (C=O) groups is 2. The maximum Gasteiger partial charge on any atom is 0.308 e. The molecule has 4 rings (SSSR count). The zero-order valence-corrected chi connectivity index (χ0v) is 16.6. The summed E-state index contributed by atoms with van der Waals surface area (Å²) in [7, 11) is 0. The second-order valence-corrected chi connectivity index (χ2v) is 7.77. The van der Waals surface area contributed by atoms with Gasteiger partial charge in [0.1, 0.15) is 11.4 Å². The number of fused-ring (bicyclic) bond motifs is 3. The van der Waals surface area contributed by atoms with Gasteiger partial charge in [-0.2, -0.15) is 0 Å². The number of ketones is 1. The van der Waals surface area contributed by atoms with Crippen molar-refractivity contribution in [3.05, 3.63) is 53.1 Å². The Bertz CT molecular complexity index is 1130. The van der Waals surface area contributed by atoms with Crippen molar-refractivity contribution in [3.63, 3.8) is 0 Å². The van der Waals surface area contributed by atoms with Gasteiger partial charge >= 0.3 is 5.97 Å². The van der Waals surface area contributed by atoms with Crippen LogP contribution >= 0.6 is 11.6 Å². The summed E-state index contributed by atoms with van der Waals surface area (Å²) in [5, 5.41) is 14.6. The number of rotatable bonds is 3. The third-order valence-corrected chi connectivity index (χ3v) is 6.02. The molecule has 0 bridgehead atoms. The highest BCUT2D eigenvalue weighted by atomic mass is 35.5. The van der Waals surface area contributed by atoms with Crippen LogP contribution in [0.2, 0.25) is 0 Å². The summed E-state index contributed by atoms with van der Waals surface area (Å²) in [4.78, 5) is 24.0. The van der Waals surface area contributed by atoms with Gasteiger partial charge in [-0.15, -0.1) is 11.6 Å². The highest BCUT2D eigenvalue weighted by Crippen LogP contribution is 2.44. The Morgan fingerprint density at radius 1 is 1.11 bits per heavy atom. The topological polar surface area (TPSA) is 63.6 Å². The molecular formula is C23H21ClO4. The van der Waals surface area contributed by atoms with Crippen LogP contribution in [0.5, 0.6) is 5.75 Å². The molecule has 1 aliphatic carbocycles. The molecule has 1 N–H and O–H groups in total. The van der Waals surface area contributed by atoms with E-state index < -0.39 is 11.6 Å². The Kier molecular flexibility index (Phi) is 4.64. The first-order valence-corrected chi connectivity index (χ1v) is 9.84. The molecule has 144 valence electrons. The van der Waals surface area contributed by atoms with Crippen LogP contribution in [0.4, 0.5) is 0 Å². The highest BCUT2D eigenvalue weighted by Gasteiger charge is 2.39. The normalized spacial score (nSPS) is 18.9. The van der Waals surface area contributed by atoms with Crippen molar-refractivity contribution in [1.29, 1.82) is 0 Å². The smallest absolute Gasteiger partial charge is 0.308 e. The summed E-state index contributed by atoms with van der Waals surface area (Å²) >= 11 is 6.35. The van der Waals surface area contributed by atoms with Crippen molar-refractivity contribution in [3.8, 4) is 5.75 Å². The van der Waals surface area contributed by atoms with Gasteiger partial charge in [-0.05, 0) is 59.2 Å². The van der Waals surface area contributed by atoms with E-state index in [1.54, 1.807) is 0 Å². The molecule has 0 aromatic heterocycles. The fourth-order valence-electron chi connectivity index (χ4n) is 4.24. The van der Waals surface area contributed by atoms with E-state index in [0.717, 1.165) is 32.7 Å². The van der Waals surface area contributed by atoms with Crippen molar-refractivity contribution in [2.45, 2.75) is 44.6 Å². The predicted molar refractivity (Wildman–Crippen MR) is 110 cm³/mol. The van der Waals surface area contributed by atoms with Crippen molar-refractivity contribution in [2.24, 2.45) is 0 Å². The van der Waals surface area contributed by atoms with Gasteiger partial charge in [-0.1, -0.05) is 24.3 Å². The summed E-state index contributed by atoms with van der Waals surface area (Å²) < 4.78 is 5.64. The van der Waals surface area contributed by atoms with Crippen LogP contribution in [0.3, 0.4) is 0 Å². The summed E-state index contributed by atoms with van der Waals surface area (Å²) in [6.07, 6.45) is 0.954. The molecule has 0 aliphatic heterocycles. The van der Waals surface area contributed by atoms with E-state index in [1.807, 2.05) is 30.3 Å². The third-order valence-electron chi connectivity index (χ3n) is 5.75. The van der Waals surface area contributed by atoms with Crippen molar-refractivity contribution < 1.29 is 19.4 Å². The molecule has 0 heterocycles. The monoisotopic (exact) mass is 396 g/mol. The van der Waals surface area contributed by atoms with Gasteiger partial charge < -0.3 is 9.84 Å². The lowest BCUT2D eigenvalue weighted by atomic mass is 9.75. The zero-order chi connectivity index (χ0) is 20.1. The molecule has 3 aromatic carbocycles. The predicted octanol–water partition coefficient (Wildman–Crippen LogP) is 4.47. The number of carbonyl (C=O) groups excluding carboxylic acids is 2. The SMILES string of the molecule is CC(=O)Oc1c2c(c(CCl)c3cc4ccccc4cc13)CC[C@](O)(C(C)=O)C2. The van der Waals surface area contributed by atoms with Crippen molar-refractivity contribution in [2.75, 3.05) is 0 Å². The van der Waals surface area contributed by atoms with Crippen LogP contribution in [0, 0.1) is 0 Å². The Morgan fingerprint density at radius 2 is 1.75 bits per heavy atom. The molecule has 5 heteroatoms. The molecule has 0 fully saturated rings. The molecule has 0 amide bonds. The fraction of sp³-hybridized carbons (Fsp3) is 0.304. The third kappa shape index (κ3) is 2.97. The molecule has 1 atom stereocenters. The van der Waals surface area contributed by atoms with E-state index in [0.29, 0.717) is 30.0 Å². The summed E-state index contributed by atoms with van der Waals surface area (Å²) in [6.45, 7) is 2.75. The molecule has 1 aliphatic rings. The first-order valence-electron chi connectivity index (χ1n) is 9.31. The molecule has 0 saturated heterocycles. The van der Waals surface area contributed by atoms with Gasteiger partial charge in [0.2, 0.25) is 0 Å². The van der Waals surface area contributed by atoms with Gasteiger partial charge in [-0.25, -0.2) is 0 Å². The lowest BCUT2D eigenvalue weighted by molar-refractivity contribution is -0.136. The Labute approximate surface area is 168 Å². The van der Waals surface area contributed by atoms with Crippen LogP contribution in [-0.4, -0.2) is 22.5 Å². The summed E-state index contributed by atoms with van der Waals surface area (Å²) in [6, 6.07) is 12.0. The van der Waals surface area contributed by atoms with E-state index in [4.69, 9.17) is 16.3 Å². The average molecular weight is 397 g/mol. The lowest BCUT2D eigenvalue weighted by Gasteiger charge is -2.34. The van der Waals surface area contributed by atoms with Gasteiger partial charge in [0.05, 0.1) is 0 Å². The number of benzene rings is 3. The lowest BCUT2D eigenvalue weighted by Crippen LogP contribution is -2.43.